The van der Waals surface area contributed by atoms with Gasteiger partial charge in [-0.05, 0) is 24.3 Å². The summed E-state index contributed by atoms with van der Waals surface area (Å²) in [4.78, 5) is 16.1. The highest BCUT2D eigenvalue weighted by Crippen LogP contribution is 2.27. The fraction of sp³-hybridized carbons (Fsp3) is 0.286. The van der Waals surface area contributed by atoms with E-state index in [4.69, 9.17) is 16.3 Å². The van der Waals surface area contributed by atoms with E-state index in [-0.39, 0.29) is 6.03 Å². The topological polar surface area (TPSA) is 63.2 Å². The molecular weight excluding hydrogens is 278 g/mol. The summed E-state index contributed by atoms with van der Waals surface area (Å²) in [5.41, 5.74) is 1.37. The highest BCUT2D eigenvalue weighted by molar-refractivity contribution is 6.35. The van der Waals surface area contributed by atoms with Gasteiger partial charge in [0.25, 0.3) is 0 Å². The summed E-state index contributed by atoms with van der Waals surface area (Å²) in [5, 5.41) is 7.04. The van der Waals surface area contributed by atoms with Crippen LogP contribution in [0.1, 0.15) is 0 Å². The van der Waals surface area contributed by atoms with Crippen LogP contribution in [0.4, 0.5) is 10.5 Å². The largest absolute Gasteiger partial charge is 0.381 e. The van der Waals surface area contributed by atoms with Gasteiger partial charge in [-0.2, -0.15) is 0 Å². The lowest BCUT2D eigenvalue weighted by Crippen LogP contribution is -2.40. The number of anilines is 1. The molecule has 20 heavy (non-hydrogen) atoms. The van der Waals surface area contributed by atoms with Gasteiger partial charge < -0.3 is 15.4 Å². The molecule has 1 aliphatic rings. The zero-order valence-corrected chi connectivity index (χ0v) is 11.5. The Labute approximate surface area is 121 Å². The number of nitrogens with one attached hydrogen (secondary N) is 2. The summed E-state index contributed by atoms with van der Waals surface area (Å²) in [6, 6.07) is 6.96. The van der Waals surface area contributed by atoms with Crippen LogP contribution in [0.5, 0.6) is 0 Å². The van der Waals surface area contributed by atoms with Crippen LogP contribution in [0.25, 0.3) is 10.9 Å². The Morgan fingerprint density at radius 3 is 3.00 bits per heavy atom. The predicted molar refractivity (Wildman–Crippen MR) is 78.1 cm³/mol. The van der Waals surface area contributed by atoms with Crippen LogP contribution in [-0.2, 0) is 4.74 Å². The fourth-order valence-corrected chi connectivity index (χ4v) is 2.27. The number of hydrogen-bond donors (Lipinski definition) is 2. The van der Waals surface area contributed by atoms with Crippen LogP contribution >= 0.6 is 11.6 Å². The van der Waals surface area contributed by atoms with Gasteiger partial charge in [-0.25, -0.2) is 4.79 Å². The molecule has 2 amide bonds. The van der Waals surface area contributed by atoms with Crippen molar-refractivity contribution in [2.45, 2.75) is 0 Å². The Balaban J connectivity index is 1.73. The molecule has 1 aliphatic heterocycles. The number of rotatable bonds is 3. The molecule has 2 N–H and O–H groups in total. The lowest BCUT2D eigenvalue weighted by atomic mass is 10.1. The number of amides is 2. The van der Waals surface area contributed by atoms with Gasteiger partial charge in [0.1, 0.15) is 0 Å². The number of urea groups is 1. The number of pyridine rings is 1. The molecular formula is C14H14ClN3O2. The number of benzene rings is 1. The molecule has 1 fully saturated rings. The molecule has 1 saturated heterocycles. The number of fused-ring (bicyclic) bond motifs is 1. The standard InChI is InChI=1S/C14H14ClN3O2/c15-11-3-4-12(10-2-1-5-16-13(10)11)18-14(19)17-6-9-7-20-8-9/h1-5,9H,6-8H2,(H2,17,18,19). The lowest BCUT2D eigenvalue weighted by molar-refractivity contribution is -0.0292. The van der Waals surface area contributed by atoms with Gasteiger partial charge in [0.2, 0.25) is 0 Å². The Morgan fingerprint density at radius 2 is 2.25 bits per heavy atom. The van der Waals surface area contributed by atoms with Crippen molar-refractivity contribution in [1.82, 2.24) is 10.3 Å². The third kappa shape index (κ3) is 2.69. The summed E-state index contributed by atoms with van der Waals surface area (Å²) >= 11 is 6.09. The number of halogens is 1. The van der Waals surface area contributed by atoms with Gasteiger partial charge in [0.05, 0.1) is 29.4 Å². The molecule has 2 heterocycles. The highest BCUT2D eigenvalue weighted by Gasteiger charge is 2.19. The van der Waals surface area contributed by atoms with Crippen LogP contribution in [0.15, 0.2) is 30.5 Å². The van der Waals surface area contributed by atoms with E-state index in [1.54, 1.807) is 18.3 Å². The van der Waals surface area contributed by atoms with E-state index in [2.05, 4.69) is 15.6 Å². The van der Waals surface area contributed by atoms with Crippen molar-refractivity contribution in [1.29, 1.82) is 0 Å². The van der Waals surface area contributed by atoms with Gasteiger partial charge in [-0.1, -0.05) is 11.6 Å². The van der Waals surface area contributed by atoms with E-state index < -0.39 is 0 Å². The first kappa shape index (κ1) is 13.1. The monoisotopic (exact) mass is 291 g/mol. The van der Waals surface area contributed by atoms with Crippen LogP contribution in [-0.4, -0.2) is 30.8 Å². The molecule has 0 radical (unpaired) electrons. The molecule has 2 aromatic rings. The number of aromatic nitrogens is 1. The number of ether oxygens (including phenoxy) is 1. The fourth-order valence-electron chi connectivity index (χ4n) is 2.05. The molecule has 0 unspecified atom stereocenters. The minimum Gasteiger partial charge on any atom is -0.381 e. The second-order valence-electron chi connectivity index (χ2n) is 4.73. The first-order valence-electron chi connectivity index (χ1n) is 6.40. The molecule has 6 heteroatoms. The van der Waals surface area contributed by atoms with Gasteiger partial charge in [0, 0.05) is 24.0 Å². The van der Waals surface area contributed by atoms with E-state index in [1.165, 1.54) is 0 Å². The summed E-state index contributed by atoms with van der Waals surface area (Å²) < 4.78 is 5.06. The van der Waals surface area contributed by atoms with E-state index in [1.807, 2.05) is 12.1 Å². The summed E-state index contributed by atoms with van der Waals surface area (Å²) in [6.07, 6.45) is 1.68. The van der Waals surface area contributed by atoms with Crippen molar-refractivity contribution in [2.75, 3.05) is 25.1 Å². The second-order valence-corrected chi connectivity index (χ2v) is 5.14. The average Bonchev–Trinajstić information content (AvgIpc) is 2.41. The maximum absolute atomic E-state index is 11.9. The Bertz CT molecular complexity index is 643. The van der Waals surface area contributed by atoms with Crippen molar-refractivity contribution in [3.8, 4) is 0 Å². The first-order chi connectivity index (χ1) is 9.74. The second kappa shape index (κ2) is 5.64. The minimum absolute atomic E-state index is 0.232. The molecule has 0 atom stereocenters. The van der Waals surface area contributed by atoms with E-state index in [0.717, 1.165) is 5.39 Å². The Kier molecular flexibility index (Phi) is 3.71. The van der Waals surface area contributed by atoms with Crippen LogP contribution in [0.3, 0.4) is 0 Å². The molecule has 3 rings (SSSR count). The molecule has 0 saturated carbocycles. The highest BCUT2D eigenvalue weighted by atomic mass is 35.5. The zero-order valence-electron chi connectivity index (χ0n) is 10.7. The molecule has 1 aromatic carbocycles. The zero-order chi connectivity index (χ0) is 13.9. The number of carbonyl (C=O) groups excluding carboxylic acids is 1. The molecule has 1 aromatic heterocycles. The summed E-state index contributed by atoms with van der Waals surface area (Å²) in [7, 11) is 0. The van der Waals surface area contributed by atoms with E-state index in [0.29, 0.717) is 41.9 Å². The first-order valence-corrected chi connectivity index (χ1v) is 6.77. The van der Waals surface area contributed by atoms with Crippen LogP contribution < -0.4 is 10.6 Å². The van der Waals surface area contributed by atoms with Crippen molar-refractivity contribution < 1.29 is 9.53 Å². The van der Waals surface area contributed by atoms with Crippen molar-refractivity contribution in [3.05, 3.63) is 35.5 Å². The van der Waals surface area contributed by atoms with E-state index >= 15 is 0 Å². The number of hydrogen-bond acceptors (Lipinski definition) is 3. The maximum Gasteiger partial charge on any atom is 0.319 e. The number of nitrogens with zero attached hydrogens (tertiary/aromatic N) is 1. The third-order valence-corrected chi connectivity index (χ3v) is 3.53. The normalized spacial score (nSPS) is 14.8. The quantitative estimate of drug-likeness (QED) is 0.914. The van der Waals surface area contributed by atoms with Crippen LogP contribution in [0, 0.1) is 5.92 Å². The molecule has 104 valence electrons. The molecule has 0 aliphatic carbocycles. The number of carbonyl (C=O) groups is 1. The minimum atomic E-state index is -0.232. The summed E-state index contributed by atoms with van der Waals surface area (Å²) in [5.74, 6) is 0.421. The van der Waals surface area contributed by atoms with Gasteiger partial charge in [-0.3, -0.25) is 4.98 Å². The van der Waals surface area contributed by atoms with Gasteiger partial charge in [-0.15, -0.1) is 0 Å². The van der Waals surface area contributed by atoms with Crippen molar-refractivity contribution in [2.24, 2.45) is 5.92 Å². The third-order valence-electron chi connectivity index (χ3n) is 3.23. The average molecular weight is 292 g/mol. The van der Waals surface area contributed by atoms with Crippen molar-refractivity contribution in [3.63, 3.8) is 0 Å². The van der Waals surface area contributed by atoms with Gasteiger partial charge >= 0.3 is 6.03 Å². The molecule has 5 nitrogen and oxygen atoms in total. The van der Waals surface area contributed by atoms with Crippen molar-refractivity contribution >= 4 is 34.2 Å². The Hall–Kier alpha value is -1.85. The van der Waals surface area contributed by atoms with Gasteiger partial charge in [0.15, 0.2) is 0 Å². The SMILES string of the molecule is O=C(NCC1COC1)Nc1ccc(Cl)c2ncccc12. The lowest BCUT2D eigenvalue weighted by Gasteiger charge is -2.25. The summed E-state index contributed by atoms with van der Waals surface area (Å²) in [6.45, 7) is 2.05. The smallest absolute Gasteiger partial charge is 0.319 e. The predicted octanol–water partition coefficient (Wildman–Crippen LogP) is 2.66. The van der Waals surface area contributed by atoms with E-state index in [9.17, 15) is 4.79 Å². The Morgan fingerprint density at radius 1 is 1.40 bits per heavy atom. The maximum atomic E-state index is 11.9. The van der Waals surface area contributed by atoms with Crippen LogP contribution in [0.2, 0.25) is 5.02 Å². The molecule has 0 spiro atoms. The molecule has 0 bridgehead atoms.